The number of allylic oxidation sites excluding steroid dienone is 1. The Morgan fingerprint density at radius 2 is 2.00 bits per heavy atom. The maximum absolute atomic E-state index is 10.6. The van der Waals surface area contributed by atoms with Crippen molar-refractivity contribution in [3.63, 3.8) is 0 Å². The summed E-state index contributed by atoms with van der Waals surface area (Å²) in [6.07, 6.45) is 5.78. The number of nitrogen functional groups attached to an aromatic ring is 1. The van der Waals surface area contributed by atoms with Gasteiger partial charge in [-0.05, 0) is 24.4 Å². The van der Waals surface area contributed by atoms with Crippen molar-refractivity contribution < 1.29 is 4.92 Å². The molecule has 0 unspecified atom stereocenters. The molecule has 2 rings (SSSR count). The lowest BCUT2D eigenvalue weighted by Gasteiger charge is -2.03. The Hall–Kier alpha value is -3.29. The van der Waals surface area contributed by atoms with Crippen LogP contribution < -0.4 is 11.5 Å². The number of nitro benzene ring substituents is 1. The minimum atomic E-state index is -0.465. The van der Waals surface area contributed by atoms with Gasteiger partial charge in [0, 0.05) is 23.9 Å². The summed E-state index contributed by atoms with van der Waals surface area (Å²) in [7, 11) is 0. The maximum atomic E-state index is 10.6. The van der Waals surface area contributed by atoms with Crippen LogP contribution in [-0.4, -0.2) is 21.1 Å². The van der Waals surface area contributed by atoms with Crippen molar-refractivity contribution in [1.29, 1.82) is 0 Å². The second kappa shape index (κ2) is 6.24. The number of aliphatic imine (C=N–C) groups is 1. The zero-order chi connectivity index (χ0) is 15.2. The van der Waals surface area contributed by atoms with Crippen molar-refractivity contribution in [2.75, 3.05) is 5.73 Å². The molecule has 0 aliphatic rings. The molecule has 0 aliphatic carbocycles. The molecule has 0 saturated carbocycles. The lowest BCUT2D eigenvalue weighted by atomic mass is 10.1. The molecular formula is C13H12N6O2. The fraction of sp³-hybridized carbons (Fsp3) is 0. The van der Waals surface area contributed by atoms with Gasteiger partial charge in [-0.25, -0.2) is 15.0 Å². The van der Waals surface area contributed by atoms with E-state index in [4.69, 9.17) is 11.5 Å². The third-order valence-electron chi connectivity index (χ3n) is 2.55. The van der Waals surface area contributed by atoms with Gasteiger partial charge in [-0.2, -0.15) is 0 Å². The number of nitrogens with zero attached hydrogens (tertiary/aromatic N) is 4. The summed E-state index contributed by atoms with van der Waals surface area (Å²) in [5.74, 6) is 0.436. The van der Waals surface area contributed by atoms with E-state index in [1.165, 1.54) is 36.8 Å². The summed E-state index contributed by atoms with van der Waals surface area (Å²) in [6, 6.07) is 5.97. The van der Waals surface area contributed by atoms with E-state index in [1.807, 2.05) is 0 Å². The smallest absolute Gasteiger partial charge is 0.269 e. The minimum Gasteiger partial charge on any atom is -0.405 e. The predicted molar refractivity (Wildman–Crippen MR) is 80.0 cm³/mol. The Labute approximate surface area is 120 Å². The molecule has 0 radical (unpaired) electrons. The van der Waals surface area contributed by atoms with E-state index in [0.717, 1.165) is 0 Å². The quantitative estimate of drug-likeness (QED) is 0.499. The zero-order valence-electron chi connectivity index (χ0n) is 10.9. The first kappa shape index (κ1) is 14.1. The summed E-state index contributed by atoms with van der Waals surface area (Å²) in [5, 5.41) is 10.6. The lowest BCUT2D eigenvalue weighted by Crippen LogP contribution is -1.95. The first-order valence-electron chi connectivity index (χ1n) is 5.90. The fourth-order valence-corrected chi connectivity index (χ4v) is 1.54. The second-order valence-corrected chi connectivity index (χ2v) is 3.93. The molecule has 0 bridgehead atoms. The molecule has 8 nitrogen and oxygen atoms in total. The van der Waals surface area contributed by atoms with E-state index < -0.39 is 4.92 Å². The summed E-state index contributed by atoms with van der Waals surface area (Å²) in [4.78, 5) is 22.4. The molecule has 106 valence electrons. The highest BCUT2D eigenvalue weighted by molar-refractivity contribution is 5.76. The zero-order valence-corrected chi connectivity index (χ0v) is 10.9. The molecule has 1 heterocycles. The monoisotopic (exact) mass is 284 g/mol. The maximum Gasteiger partial charge on any atom is 0.269 e. The van der Waals surface area contributed by atoms with Gasteiger partial charge in [0.1, 0.15) is 0 Å². The molecular weight excluding hydrogens is 272 g/mol. The normalized spacial score (nSPS) is 11.2. The van der Waals surface area contributed by atoms with Gasteiger partial charge in [0.25, 0.3) is 5.69 Å². The van der Waals surface area contributed by atoms with Crippen LogP contribution in [0.5, 0.6) is 0 Å². The SMILES string of the molecule is NC=CC=Nc1nc(-c2ccc([N+](=O)[O-])cc2)cnc1N. The summed E-state index contributed by atoms with van der Waals surface area (Å²) >= 11 is 0. The van der Waals surface area contributed by atoms with Crippen LogP contribution in [0.25, 0.3) is 11.3 Å². The number of aromatic nitrogens is 2. The number of nitro groups is 1. The van der Waals surface area contributed by atoms with Crippen molar-refractivity contribution in [2.24, 2.45) is 10.7 Å². The van der Waals surface area contributed by atoms with Gasteiger partial charge in [0.05, 0.1) is 16.8 Å². The van der Waals surface area contributed by atoms with E-state index in [0.29, 0.717) is 11.3 Å². The largest absolute Gasteiger partial charge is 0.405 e. The first-order valence-corrected chi connectivity index (χ1v) is 5.90. The van der Waals surface area contributed by atoms with Crippen molar-refractivity contribution in [2.45, 2.75) is 0 Å². The molecule has 4 N–H and O–H groups in total. The summed E-state index contributed by atoms with van der Waals surface area (Å²) in [6.45, 7) is 0. The van der Waals surface area contributed by atoms with Crippen LogP contribution in [-0.2, 0) is 0 Å². The predicted octanol–water partition coefficient (Wildman–Crippen LogP) is 1.81. The van der Waals surface area contributed by atoms with E-state index >= 15 is 0 Å². The third-order valence-corrected chi connectivity index (χ3v) is 2.55. The van der Waals surface area contributed by atoms with Crippen molar-refractivity contribution >= 4 is 23.5 Å². The molecule has 21 heavy (non-hydrogen) atoms. The molecule has 0 spiro atoms. The lowest BCUT2D eigenvalue weighted by molar-refractivity contribution is -0.384. The number of non-ortho nitro benzene ring substituents is 1. The number of rotatable bonds is 4. The molecule has 0 amide bonds. The third kappa shape index (κ3) is 3.38. The van der Waals surface area contributed by atoms with Gasteiger partial charge in [0.15, 0.2) is 11.6 Å². The molecule has 0 atom stereocenters. The van der Waals surface area contributed by atoms with E-state index in [1.54, 1.807) is 12.1 Å². The number of benzene rings is 1. The molecule has 1 aromatic carbocycles. The van der Waals surface area contributed by atoms with Crippen LogP contribution in [0.3, 0.4) is 0 Å². The number of anilines is 1. The van der Waals surface area contributed by atoms with Gasteiger partial charge in [-0.3, -0.25) is 10.1 Å². The van der Waals surface area contributed by atoms with Crippen LogP contribution >= 0.6 is 0 Å². The second-order valence-electron chi connectivity index (χ2n) is 3.93. The molecule has 0 aliphatic heterocycles. The van der Waals surface area contributed by atoms with Crippen LogP contribution in [0.15, 0.2) is 47.7 Å². The van der Waals surface area contributed by atoms with Crippen molar-refractivity contribution in [1.82, 2.24) is 9.97 Å². The molecule has 0 saturated heterocycles. The van der Waals surface area contributed by atoms with E-state index in [2.05, 4.69) is 15.0 Å². The van der Waals surface area contributed by atoms with Crippen molar-refractivity contribution in [3.05, 3.63) is 52.9 Å². The summed E-state index contributed by atoms with van der Waals surface area (Å²) in [5.41, 5.74) is 12.1. The Morgan fingerprint density at radius 3 is 2.62 bits per heavy atom. The average molecular weight is 284 g/mol. The topological polar surface area (TPSA) is 133 Å². The Bertz CT molecular complexity index is 709. The van der Waals surface area contributed by atoms with E-state index in [-0.39, 0.29) is 17.3 Å². The molecule has 8 heteroatoms. The Kier molecular flexibility index (Phi) is 4.20. The number of hydrogen-bond donors (Lipinski definition) is 2. The van der Waals surface area contributed by atoms with Crippen LogP contribution in [0, 0.1) is 10.1 Å². The molecule has 0 fully saturated rings. The van der Waals surface area contributed by atoms with Crippen molar-refractivity contribution in [3.8, 4) is 11.3 Å². The highest BCUT2D eigenvalue weighted by Crippen LogP contribution is 2.24. The van der Waals surface area contributed by atoms with Crippen LogP contribution in [0.4, 0.5) is 17.3 Å². The summed E-state index contributed by atoms with van der Waals surface area (Å²) < 4.78 is 0. The van der Waals surface area contributed by atoms with Gasteiger partial charge in [-0.15, -0.1) is 0 Å². The first-order chi connectivity index (χ1) is 10.1. The average Bonchev–Trinajstić information content (AvgIpc) is 2.49. The van der Waals surface area contributed by atoms with E-state index in [9.17, 15) is 10.1 Å². The van der Waals surface area contributed by atoms with Gasteiger partial charge in [-0.1, -0.05) is 0 Å². The Morgan fingerprint density at radius 1 is 1.29 bits per heavy atom. The van der Waals surface area contributed by atoms with Crippen LogP contribution in [0.2, 0.25) is 0 Å². The fourth-order valence-electron chi connectivity index (χ4n) is 1.54. The Balaban J connectivity index is 2.35. The number of nitrogens with two attached hydrogens (primary N) is 2. The molecule has 1 aromatic heterocycles. The standard InChI is InChI=1S/C13H12N6O2/c14-6-1-7-16-13-12(15)17-8-11(18-13)9-2-4-10(5-3-9)19(20)21/h1-8H,14H2,(H2,15,17). The highest BCUT2D eigenvalue weighted by atomic mass is 16.6. The van der Waals surface area contributed by atoms with Gasteiger partial charge >= 0.3 is 0 Å². The van der Waals surface area contributed by atoms with Crippen LogP contribution in [0.1, 0.15) is 0 Å². The highest BCUT2D eigenvalue weighted by Gasteiger charge is 2.08. The van der Waals surface area contributed by atoms with Gasteiger partial charge in [0.2, 0.25) is 0 Å². The minimum absolute atomic E-state index is 0.00785. The number of hydrogen-bond acceptors (Lipinski definition) is 7. The molecule has 2 aromatic rings. The van der Waals surface area contributed by atoms with Gasteiger partial charge < -0.3 is 11.5 Å².